The summed E-state index contributed by atoms with van der Waals surface area (Å²) in [7, 11) is 0. The van der Waals surface area contributed by atoms with Crippen molar-refractivity contribution >= 4 is 0 Å². The molecule has 4 nitrogen and oxygen atoms in total. The summed E-state index contributed by atoms with van der Waals surface area (Å²) < 4.78 is 7.62. The monoisotopic (exact) mass is 249 g/mol. The lowest BCUT2D eigenvalue weighted by Crippen LogP contribution is -2.56. The molecule has 0 unspecified atom stereocenters. The van der Waals surface area contributed by atoms with Gasteiger partial charge in [-0.25, -0.2) is 0 Å². The number of nitrogens with zero attached hydrogens (tertiary/aromatic N) is 3. The van der Waals surface area contributed by atoms with Gasteiger partial charge in [0.15, 0.2) is 0 Å². The predicted molar refractivity (Wildman–Crippen MR) is 70.4 cm³/mol. The molecule has 2 fully saturated rings. The first-order chi connectivity index (χ1) is 8.89. The van der Waals surface area contributed by atoms with Crippen LogP contribution >= 0.6 is 0 Å². The highest BCUT2D eigenvalue weighted by Gasteiger charge is 2.38. The van der Waals surface area contributed by atoms with Crippen LogP contribution in [-0.4, -0.2) is 46.5 Å². The molecule has 4 heteroatoms. The van der Waals surface area contributed by atoms with Gasteiger partial charge in [0, 0.05) is 31.0 Å². The van der Waals surface area contributed by atoms with Crippen molar-refractivity contribution in [2.75, 3.05) is 26.3 Å². The van der Waals surface area contributed by atoms with Crippen LogP contribution in [0.1, 0.15) is 32.1 Å². The number of ether oxygens (including phenoxy) is 1. The van der Waals surface area contributed by atoms with E-state index in [4.69, 9.17) is 4.74 Å². The van der Waals surface area contributed by atoms with Crippen LogP contribution in [0.25, 0.3) is 0 Å². The van der Waals surface area contributed by atoms with Crippen molar-refractivity contribution in [3.63, 3.8) is 0 Å². The van der Waals surface area contributed by atoms with Crippen LogP contribution in [0.4, 0.5) is 0 Å². The van der Waals surface area contributed by atoms with Crippen LogP contribution in [0, 0.1) is 0 Å². The Bertz CT molecular complexity index is 351. The maximum atomic E-state index is 5.51. The Morgan fingerprint density at radius 1 is 1.11 bits per heavy atom. The summed E-state index contributed by atoms with van der Waals surface area (Å²) in [5.41, 5.74) is 0.327. The largest absolute Gasteiger partial charge is 0.379 e. The fraction of sp³-hybridized carbons (Fsp3) is 0.786. The number of morpholine rings is 1. The lowest BCUT2D eigenvalue weighted by Gasteiger charge is -2.48. The van der Waals surface area contributed by atoms with Crippen molar-refractivity contribution in [2.24, 2.45) is 0 Å². The number of aromatic nitrogens is 2. The maximum absolute atomic E-state index is 5.51. The van der Waals surface area contributed by atoms with Gasteiger partial charge in [0.2, 0.25) is 0 Å². The summed E-state index contributed by atoms with van der Waals surface area (Å²) in [4.78, 5) is 2.66. The minimum atomic E-state index is 0.327. The zero-order chi connectivity index (χ0) is 12.3. The van der Waals surface area contributed by atoms with Crippen LogP contribution in [0.5, 0.6) is 0 Å². The Morgan fingerprint density at radius 2 is 1.89 bits per heavy atom. The third-order valence-corrected chi connectivity index (χ3v) is 4.48. The summed E-state index contributed by atoms with van der Waals surface area (Å²) in [5, 5.41) is 4.41. The minimum Gasteiger partial charge on any atom is -0.379 e. The van der Waals surface area contributed by atoms with Gasteiger partial charge in [0.1, 0.15) is 0 Å². The predicted octanol–water partition coefficient (Wildman–Crippen LogP) is 1.92. The Balaban J connectivity index is 1.78. The highest BCUT2D eigenvalue weighted by Crippen LogP contribution is 2.35. The molecule has 1 aromatic rings. The molecular weight excluding hydrogens is 226 g/mol. The third kappa shape index (κ3) is 2.45. The van der Waals surface area contributed by atoms with Crippen molar-refractivity contribution in [1.29, 1.82) is 0 Å². The lowest BCUT2D eigenvalue weighted by molar-refractivity contribution is -0.0459. The van der Waals surface area contributed by atoms with E-state index in [0.29, 0.717) is 5.54 Å². The second-order valence-electron chi connectivity index (χ2n) is 5.59. The van der Waals surface area contributed by atoms with Crippen LogP contribution in [0.3, 0.4) is 0 Å². The van der Waals surface area contributed by atoms with Crippen molar-refractivity contribution in [2.45, 2.75) is 44.2 Å². The van der Waals surface area contributed by atoms with Gasteiger partial charge in [0.25, 0.3) is 0 Å². The molecule has 0 aromatic carbocycles. The first kappa shape index (κ1) is 12.2. The summed E-state index contributed by atoms with van der Waals surface area (Å²) in [6.07, 6.45) is 10.7. The highest BCUT2D eigenvalue weighted by atomic mass is 16.5. The van der Waals surface area contributed by atoms with Crippen LogP contribution in [-0.2, 0) is 11.3 Å². The van der Waals surface area contributed by atoms with Crippen molar-refractivity contribution < 1.29 is 4.74 Å². The summed E-state index contributed by atoms with van der Waals surface area (Å²) in [6, 6.07) is 2.02. The van der Waals surface area contributed by atoms with Gasteiger partial charge in [-0.2, -0.15) is 5.10 Å². The average molecular weight is 249 g/mol. The summed E-state index contributed by atoms with van der Waals surface area (Å²) in [6.45, 7) is 4.99. The molecular formula is C14H23N3O. The highest BCUT2D eigenvalue weighted by molar-refractivity contribution is 4.95. The maximum Gasteiger partial charge on any atom is 0.0594 e. The molecule has 0 bridgehead atoms. The second kappa shape index (κ2) is 5.41. The van der Waals surface area contributed by atoms with Gasteiger partial charge in [-0.05, 0) is 18.9 Å². The topological polar surface area (TPSA) is 30.3 Å². The quantitative estimate of drug-likeness (QED) is 0.820. The molecule has 100 valence electrons. The zero-order valence-electron chi connectivity index (χ0n) is 11.1. The third-order valence-electron chi connectivity index (χ3n) is 4.48. The standard InChI is InChI=1S/C14H23N3O/c1-2-5-14(6-3-1,13-17-8-4-7-15-17)16-9-11-18-12-10-16/h4,7-8H,1-3,5-6,9-13H2. The number of hydrogen-bond donors (Lipinski definition) is 0. The first-order valence-corrected chi connectivity index (χ1v) is 7.19. The van der Waals surface area contributed by atoms with Crippen molar-refractivity contribution in [1.82, 2.24) is 14.7 Å². The van der Waals surface area contributed by atoms with Crippen molar-refractivity contribution in [3.8, 4) is 0 Å². The molecule has 2 aliphatic rings. The molecule has 1 aromatic heterocycles. The molecule has 0 N–H and O–H groups in total. The van der Waals surface area contributed by atoms with Gasteiger partial charge in [-0.1, -0.05) is 19.3 Å². The van der Waals surface area contributed by atoms with E-state index in [0.717, 1.165) is 32.8 Å². The minimum absolute atomic E-state index is 0.327. The zero-order valence-corrected chi connectivity index (χ0v) is 11.1. The molecule has 2 heterocycles. The van der Waals surface area contributed by atoms with E-state index in [1.807, 2.05) is 12.3 Å². The number of rotatable bonds is 3. The molecule has 1 aliphatic carbocycles. The van der Waals surface area contributed by atoms with Gasteiger partial charge in [-0.15, -0.1) is 0 Å². The van der Waals surface area contributed by atoms with Crippen LogP contribution < -0.4 is 0 Å². The molecule has 3 rings (SSSR count). The van der Waals surface area contributed by atoms with E-state index in [-0.39, 0.29) is 0 Å². The molecule has 1 saturated carbocycles. The lowest BCUT2D eigenvalue weighted by atomic mass is 9.80. The SMILES string of the molecule is c1cnn(CC2(N3CCOCC3)CCCCC2)c1. The van der Waals surface area contributed by atoms with E-state index >= 15 is 0 Å². The normalized spacial score (nSPS) is 25.1. The van der Waals surface area contributed by atoms with E-state index in [1.165, 1.54) is 32.1 Å². The van der Waals surface area contributed by atoms with Gasteiger partial charge in [-0.3, -0.25) is 9.58 Å². The molecule has 0 radical (unpaired) electrons. The Kier molecular flexibility index (Phi) is 3.66. The average Bonchev–Trinajstić information content (AvgIpc) is 2.94. The molecule has 0 amide bonds. The Morgan fingerprint density at radius 3 is 2.56 bits per heavy atom. The molecule has 1 saturated heterocycles. The van der Waals surface area contributed by atoms with Crippen molar-refractivity contribution in [3.05, 3.63) is 18.5 Å². The fourth-order valence-corrected chi connectivity index (χ4v) is 3.52. The first-order valence-electron chi connectivity index (χ1n) is 7.19. The van der Waals surface area contributed by atoms with Gasteiger partial charge >= 0.3 is 0 Å². The molecule has 0 spiro atoms. The van der Waals surface area contributed by atoms with E-state index in [9.17, 15) is 0 Å². The summed E-state index contributed by atoms with van der Waals surface area (Å²) >= 11 is 0. The van der Waals surface area contributed by atoms with E-state index in [1.54, 1.807) is 0 Å². The van der Waals surface area contributed by atoms with Gasteiger partial charge < -0.3 is 4.74 Å². The Labute approximate surface area is 109 Å². The van der Waals surface area contributed by atoms with E-state index in [2.05, 4.69) is 20.9 Å². The second-order valence-corrected chi connectivity index (χ2v) is 5.59. The number of hydrogen-bond acceptors (Lipinski definition) is 3. The molecule has 0 atom stereocenters. The van der Waals surface area contributed by atoms with Gasteiger partial charge in [0.05, 0.1) is 19.8 Å². The van der Waals surface area contributed by atoms with E-state index < -0.39 is 0 Å². The fourth-order valence-electron chi connectivity index (χ4n) is 3.52. The van der Waals surface area contributed by atoms with Crippen LogP contribution in [0.15, 0.2) is 18.5 Å². The summed E-state index contributed by atoms with van der Waals surface area (Å²) in [5.74, 6) is 0. The molecule has 18 heavy (non-hydrogen) atoms. The molecule has 1 aliphatic heterocycles. The Hall–Kier alpha value is -0.870. The van der Waals surface area contributed by atoms with Crippen LogP contribution in [0.2, 0.25) is 0 Å². The smallest absolute Gasteiger partial charge is 0.0594 e.